The Hall–Kier alpha value is -1.84. The highest BCUT2D eigenvalue weighted by Gasteiger charge is 2.25. The molecule has 1 saturated heterocycles. The fraction of sp³-hybridized carbons (Fsp3) is 0.529. The quantitative estimate of drug-likeness (QED) is 0.925. The third-order valence-electron chi connectivity index (χ3n) is 3.85. The summed E-state index contributed by atoms with van der Waals surface area (Å²) in [6.45, 7) is 5.43. The lowest BCUT2D eigenvalue weighted by Crippen LogP contribution is -2.40. The van der Waals surface area contributed by atoms with Crippen molar-refractivity contribution in [2.45, 2.75) is 39.2 Å². The van der Waals surface area contributed by atoms with Gasteiger partial charge in [-0.3, -0.25) is 9.59 Å². The summed E-state index contributed by atoms with van der Waals surface area (Å²) in [7, 11) is 0. The van der Waals surface area contributed by atoms with Gasteiger partial charge in [-0.25, -0.2) is 0 Å². The van der Waals surface area contributed by atoms with Gasteiger partial charge >= 0.3 is 0 Å². The van der Waals surface area contributed by atoms with Crippen molar-refractivity contribution in [1.82, 2.24) is 10.2 Å². The van der Waals surface area contributed by atoms with Gasteiger partial charge < -0.3 is 10.2 Å². The van der Waals surface area contributed by atoms with Crippen LogP contribution >= 0.6 is 0 Å². The molecular weight excluding hydrogens is 264 g/mol. The molecular formula is C17H24N2O2. The van der Waals surface area contributed by atoms with E-state index in [1.165, 1.54) is 0 Å². The third-order valence-corrected chi connectivity index (χ3v) is 3.85. The molecule has 21 heavy (non-hydrogen) atoms. The lowest BCUT2D eigenvalue weighted by atomic mass is 9.92. The van der Waals surface area contributed by atoms with Crippen molar-refractivity contribution in [3.63, 3.8) is 0 Å². The van der Waals surface area contributed by atoms with Crippen molar-refractivity contribution in [3.05, 3.63) is 35.9 Å². The first-order chi connectivity index (χ1) is 10.1. The molecule has 0 aromatic heterocycles. The van der Waals surface area contributed by atoms with Gasteiger partial charge in [0.05, 0.1) is 0 Å². The highest BCUT2D eigenvalue weighted by atomic mass is 16.2. The monoisotopic (exact) mass is 288 g/mol. The summed E-state index contributed by atoms with van der Waals surface area (Å²) in [5.41, 5.74) is 0.744. The molecule has 2 rings (SSSR count). The molecule has 0 saturated carbocycles. The maximum Gasteiger partial charge on any atom is 0.253 e. The highest BCUT2D eigenvalue weighted by molar-refractivity contribution is 5.94. The number of carbonyl (C=O) groups is 2. The Balaban J connectivity index is 1.81. The van der Waals surface area contributed by atoms with E-state index in [2.05, 4.69) is 5.32 Å². The predicted octanol–water partition coefficient (Wildman–Crippen LogP) is 2.45. The van der Waals surface area contributed by atoms with Gasteiger partial charge in [0.15, 0.2) is 0 Å². The van der Waals surface area contributed by atoms with Crippen LogP contribution in [0, 0.1) is 5.92 Å². The average Bonchev–Trinajstić information content (AvgIpc) is 2.47. The van der Waals surface area contributed by atoms with Gasteiger partial charge in [-0.1, -0.05) is 18.2 Å². The van der Waals surface area contributed by atoms with Crippen LogP contribution in [0.1, 0.15) is 43.5 Å². The molecule has 1 aliphatic rings. The van der Waals surface area contributed by atoms with E-state index in [1.807, 2.05) is 49.1 Å². The molecule has 4 nitrogen and oxygen atoms in total. The van der Waals surface area contributed by atoms with Crippen molar-refractivity contribution in [2.75, 3.05) is 13.1 Å². The zero-order valence-corrected chi connectivity index (χ0v) is 12.8. The summed E-state index contributed by atoms with van der Waals surface area (Å²) >= 11 is 0. The van der Waals surface area contributed by atoms with Gasteiger partial charge in [-0.15, -0.1) is 0 Å². The Kier molecular flexibility index (Phi) is 5.37. The number of piperidine rings is 1. The van der Waals surface area contributed by atoms with Gasteiger partial charge in [0, 0.05) is 31.1 Å². The molecule has 1 aromatic carbocycles. The number of likely N-dealkylation sites (tertiary alicyclic amines) is 1. The summed E-state index contributed by atoms with van der Waals surface area (Å²) in [6.07, 6.45) is 2.39. The summed E-state index contributed by atoms with van der Waals surface area (Å²) in [5, 5.41) is 2.93. The molecule has 1 N–H and O–H groups in total. The van der Waals surface area contributed by atoms with Crippen molar-refractivity contribution >= 4 is 11.8 Å². The molecule has 0 unspecified atom stereocenters. The van der Waals surface area contributed by atoms with E-state index >= 15 is 0 Å². The molecule has 1 aliphatic heterocycles. The predicted molar refractivity (Wildman–Crippen MR) is 83.0 cm³/mol. The van der Waals surface area contributed by atoms with E-state index < -0.39 is 0 Å². The van der Waals surface area contributed by atoms with Crippen molar-refractivity contribution in [2.24, 2.45) is 5.92 Å². The third kappa shape index (κ3) is 4.59. The Bertz CT molecular complexity index is 477. The summed E-state index contributed by atoms with van der Waals surface area (Å²) < 4.78 is 0. The molecule has 1 aromatic rings. The Morgan fingerprint density at radius 1 is 1.19 bits per heavy atom. The molecule has 0 spiro atoms. The van der Waals surface area contributed by atoms with Crippen LogP contribution in [0.25, 0.3) is 0 Å². The van der Waals surface area contributed by atoms with E-state index in [0.29, 0.717) is 12.3 Å². The van der Waals surface area contributed by atoms with Crippen molar-refractivity contribution in [3.8, 4) is 0 Å². The van der Waals surface area contributed by atoms with Crippen molar-refractivity contribution < 1.29 is 9.59 Å². The van der Waals surface area contributed by atoms with Crippen LogP contribution in [0.15, 0.2) is 30.3 Å². The Morgan fingerprint density at radius 2 is 1.81 bits per heavy atom. The average molecular weight is 288 g/mol. The van der Waals surface area contributed by atoms with E-state index in [1.54, 1.807) is 0 Å². The molecule has 1 fully saturated rings. The summed E-state index contributed by atoms with van der Waals surface area (Å²) in [5.74, 6) is 0.613. The second-order valence-corrected chi connectivity index (χ2v) is 6.03. The number of amides is 2. The van der Waals surface area contributed by atoms with Gasteiger partial charge in [-0.05, 0) is 44.7 Å². The molecule has 0 aliphatic carbocycles. The van der Waals surface area contributed by atoms with E-state index in [0.717, 1.165) is 31.5 Å². The van der Waals surface area contributed by atoms with E-state index in [-0.39, 0.29) is 17.9 Å². The van der Waals surface area contributed by atoms with Crippen LogP contribution in [0.5, 0.6) is 0 Å². The Morgan fingerprint density at radius 3 is 2.38 bits per heavy atom. The van der Waals surface area contributed by atoms with Gasteiger partial charge in [0.25, 0.3) is 5.91 Å². The summed E-state index contributed by atoms with van der Waals surface area (Å²) in [6, 6.07) is 9.58. The number of rotatable bonds is 4. The minimum atomic E-state index is 0.0979. The fourth-order valence-corrected chi connectivity index (χ4v) is 2.75. The number of benzene rings is 1. The normalized spacial score (nSPS) is 16.0. The molecule has 4 heteroatoms. The van der Waals surface area contributed by atoms with Gasteiger partial charge in [-0.2, -0.15) is 0 Å². The lowest BCUT2D eigenvalue weighted by molar-refractivity contribution is -0.122. The second-order valence-electron chi connectivity index (χ2n) is 6.03. The lowest BCUT2D eigenvalue weighted by Gasteiger charge is -2.32. The highest BCUT2D eigenvalue weighted by Crippen LogP contribution is 2.21. The first kappa shape index (κ1) is 15.5. The zero-order chi connectivity index (χ0) is 15.2. The van der Waals surface area contributed by atoms with Crippen LogP contribution in [0.3, 0.4) is 0 Å². The molecule has 114 valence electrons. The zero-order valence-electron chi connectivity index (χ0n) is 12.8. The van der Waals surface area contributed by atoms with Crippen LogP contribution in [0.4, 0.5) is 0 Å². The molecule has 1 heterocycles. The maximum atomic E-state index is 12.3. The first-order valence-electron chi connectivity index (χ1n) is 7.70. The minimum absolute atomic E-state index is 0.0979. The van der Waals surface area contributed by atoms with Gasteiger partial charge in [0.1, 0.15) is 0 Å². The van der Waals surface area contributed by atoms with Crippen LogP contribution in [0.2, 0.25) is 0 Å². The first-order valence-corrected chi connectivity index (χ1v) is 7.70. The molecule has 0 radical (unpaired) electrons. The van der Waals surface area contributed by atoms with E-state index in [4.69, 9.17) is 0 Å². The SMILES string of the molecule is CC(C)NC(=O)CC1CCN(C(=O)c2ccccc2)CC1. The minimum Gasteiger partial charge on any atom is -0.354 e. The largest absolute Gasteiger partial charge is 0.354 e. The second kappa shape index (κ2) is 7.25. The number of hydrogen-bond acceptors (Lipinski definition) is 2. The van der Waals surface area contributed by atoms with Crippen LogP contribution in [-0.4, -0.2) is 35.8 Å². The molecule has 0 atom stereocenters. The fourth-order valence-electron chi connectivity index (χ4n) is 2.75. The summed E-state index contributed by atoms with van der Waals surface area (Å²) in [4.78, 5) is 26.0. The molecule has 2 amide bonds. The van der Waals surface area contributed by atoms with E-state index in [9.17, 15) is 9.59 Å². The standard InChI is InChI=1S/C17H24N2O2/c1-13(2)18-16(20)12-14-8-10-19(11-9-14)17(21)15-6-4-3-5-7-15/h3-7,13-14H,8-12H2,1-2H3,(H,18,20). The van der Waals surface area contributed by atoms with Crippen molar-refractivity contribution in [1.29, 1.82) is 0 Å². The number of nitrogens with zero attached hydrogens (tertiary/aromatic N) is 1. The molecule has 0 bridgehead atoms. The van der Waals surface area contributed by atoms with Gasteiger partial charge in [0.2, 0.25) is 5.91 Å². The Labute approximate surface area is 126 Å². The number of carbonyl (C=O) groups excluding carboxylic acids is 2. The smallest absolute Gasteiger partial charge is 0.253 e. The maximum absolute atomic E-state index is 12.3. The topological polar surface area (TPSA) is 49.4 Å². The number of hydrogen-bond donors (Lipinski definition) is 1. The number of nitrogens with one attached hydrogen (secondary N) is 1. The van der Waals surface area contributed by atoms with Crippen LogP contribution < -0.4 is 5.32 Å². The van der Waals surface area contributed by atoms with Crippen LogP contribution in [-0.2, 0) is 4.79 Å².